The van der Waals surface area contributed by atoms with Gasteiger partial charge in [-0.15, -0.1) is 0 Å². The minimum absolute atomic E-state index is 0.231. The van der Waals surface area contributed by atoms with Crippen LogP contribution in [0.25, 0.3) is 6.08 Å². The van der Waals surface area contributed by atoms with Crippen molar-refractivity contribution < 1.29 is 19.0 Å². The first-order chi connectivity index (χ1) is 8.67. The number of allylic oxidation sites excluding steroid dienone is 1. The van der Waals surface area contributed by atoms with Crippen molar-refractivity contribution in [2.75, 3.05) is 20.3 Å². The minimum atomic E-state index is -0.311. The van der Waals surface area contributed by atoms with E-state index in [1.54, 1.807) is 7.11 Å². The van der Waals surface area contributed by atoms with Gasteiger partial charge in [-0.2, -0.15) is 0 Å². The van der Waals surface area contributed by atoms with E-state index < -0.39 is 0 Å². The molecule has 0 bridgehead atoms. The number of benzene rings is 1. The number of hydrogen-bond acceptors (Lipinski definition) is 4. The molecule has 1 aromatic carbocycles. The van der Waals surface area contributed by atoms with Crippen LogP contribution in [0.3, 0.4) is 0 Å². The minimum Gasteiger partial charge on any atom is -0.493 e. The van der Waals surface area contributed by atoms with E-state index in [1.165, 1.54) is 6.92 Å². The van der Waals surface area contributed by atoms with Crippen LogP contribution in [0.5, 0.6) is 11.5 Å². The third-order valence-electron chi connectivity index (χ3n) is 2.19. The number of methoxy groups -OCH3 is 1. The van der Waals surface area contributed by atoms with Crippen LogP contribution in [0.1, 0.15) is 19.4 Å². The standard InChI is InChI=1S/C14H18O4/c1-4-5-12-6-7-13(14(10-12)16-3)18-9-8-17-11(2)15/h4-7,10H,8-9H2,1-3H3/b5-4+. The first kappa shape index (κ1) is 14.1. The number of hydrogen-bond donors (Lipinski definition) is 0. The number of carbonyl (C=O) groups excluding carboxylic acids is 1. The van der Waals surface area contributed by atoms with Gasteiger partial charge in [0, 0.05) is 6.92 Å². The van der Waals surface area contributed by atoms with Crippen molar-refractivity contribution in [2.24, 2.45) is 0 Å². The molecule has 4 nitrogen and oxygen atoms in total. The van der Waals surface area contributed by atoms with Gasteiger partial charge in [0.05, 0.1) is 7.11 Å². The van der Waals surface area contributed by atoms with Crippen LogP contribution >= 0.6 is 0 Å². The molecule has 0 aliphatic heterocycles. The summed E-state index contributed by atoms with van der Waals surface area (Å²) in [7, 11) is 1.59. The predicted octanol–water partition coefficient (Wildman–Crippen LogP) is 2.67. The Hall–Kier alpha value is -1.97. The maximum absolute atomic E-state index is 10.6. The van der Waals surface area contributed by atoms with Crippen molar-refractivity contribution in [3.63, 3.8) is 0 Å². The van der Waals surface area contributed by atoms with Gasteiger partial charge >= 0.3 is 5.97 Å². The Bertz CT molecular complexity index is 424. The maximum atomic E-state index is 10.6. The normalized spacial score (nSPS) is 10.4. The second-order valence-electron chi connectivity index (χ2n) is 3.60. The van der Waals surface area contributed by atoms with Gasteiger partial charge in [0.25, 0.3) is 0 Å². The summed E-state index contributed by atoms with van der Waals surface area (Å²) in [6.07, 6.45) is 3.93. The van der Waals surface area contributed by atoms with E-state index in [1.807, 2.05) is 37.3 Å². The van der Waals surface area contributed by atoms with Crippen LogP contribution in [-0.4, -0.2) is 26.3 Å². The smallest absolute Gasteiger partial charge is 0.302 e. The van der Waals surface area contributed by atoms with Gasteiger partial charge in [-0.25, -0.2) is 0 Å². The van der Waals surface area contributed by atoms with Crippen molar-refractivity contribution in [3.8, 4) is 11.5 Å². The first-order valence-electron chi connectivity index (χ1n) is 5.74. The van der Waals surface area contributed by atoms with Crippen molar-refractivity contribution in [1.82, 2.24) is 0 Å². The molecule has 1 aromatic rings. The second-order valence-corrected chi connectivity index (χ2v) is 3.60. The highest BCUT2D eigenvalue weighted by atomic mass is 16.6. The van der Waals surface area contributed by atoms with E-state index in [0.29, 0.717) is 18.1 Å². The molecular weight excluding hydrogens is 232 g/mol. The topological polar surface area (TPSA) is 44.8 Å². The molecule has 0 aromatic heterocycles. The Labute approximate surface area is 107 Å². The Morgan fingerprint density at radius 2 is 2.06 bits per heavy atom. The van der Waals surface area contributed by atoms with Gasteiger partial charge in [-0.1, -0.05) is 18.2 Å². The highest BCUT2D eigenvalue weighted by Gasteiger charge is 2.04. The van der Waals surface area contributed by atoms with Gasteiger partial charge in [0.2, 0.25) is 0 Å². The van der Waals surface area contributed by atoms with Gasteiger partial charge in [0.15, 0.2) is 11.5 Å². The van der Waals surface area contributed by atoms with Crippen LogP contribution in [0.4, 0.5) is 0 Å². The number of esters is 1. The van der Waals surface area contributed by atoms with Crippen LogP contribution < -0.4 is 9.47 Å². The summed E-state index contributed by atoms with van der Waals surface area (Å²) >= 11 is 0. The summed E-state index contributed by atoms with van der Waals surface area (Å²) in [4.78, 5) is 10.6. The summed E-state index contributed by atoms with van der Waals surface area (Å²) < 4.78 is 15.5. The Balaban J connectivity index is 2.62. The molecule has 4 heteroatoms. The van der Waals surface area contributed by atoms with Crippen LogP contribution in [-0.2, 0) is 9.53 Å². The summed E-state index contributed by atoms with van der Waals surface area (Å²) in [5.74, 6) is 0.986. The lowest BCUT2D eigenvalue weighted by molar-refractivity contribution is -0.141. The zero-order chi connectivity index (χ0) is 13.4. The fourth-order valence-electron chi connectivity index (χ4n) is 1.44. The fraction of sp³-hybridized carbons (Fsp3) is 0.357. The van der Waals surface area contributed by atoms with E-state index in [-0.39, 0.29) is 12.6 Å². The number of carbonyl (C=O) groups is 1. The van der Waals surface area contributed by atoms with E-state index in [2.05, 4.69) is 0 Å². The first-order valence-corrected chi connectivity index (χ1v) is 5.74. The van der Waals surface area contributed by atoms with Gasteiger partial charge < -0.3 is 14.2 Å². The molecule has 18 heavy (non-hydrogen) atoms. The fourth-order valence-corrected chi connectivity index (χ4v) is 1.44. The third kappa shape index (κ3) is 4.49. The summed E-state index contributed by atoms with van der Waals surface area (Å²) in [6, 6.07) is 5.66. The zero-order valence-corrected chi connectivity index (χ0v) is 10.9. The predicted molar refractivity (Wildman–Crippen MR) is 69.8 cm³/mol. The van der Waals surface area contributed by atoms with E-state index >= 15 is 0 Å². The van der Waals surface area contributed by atoms with E-state index in [0.717, 1.165) is 5.56 Å². The molecule has 0 aliphatic carbocycles. The second kappa shape index (κ2) is 7.37. The van der Waals surface area contributed by atoms with Crippen LogP contribution in [0.15, 0.2) is 24.3 Å². The van der Waals surface area contributed by atoms with Crippen LogP contribution in [0, 0.1) is 0 Å². The van der Waals surface area contributed by atoms with Gasteiger partial charge in [-0.05, 0) is 24.6 Å². The molecule has 0 atom stereocenters. The monoisotopic (exact) mass is 250 g/mol. The zero-order valence-electron chi connectivity index (χ0n) is 10.9. The molecule has 0 amide bonds. The quantitative estimate of drug-likeness (QED) is 0.575. The van der Waals surface area contributed by atoms with Gasteiger partial charge in [0.1, 0.15) is 13.2 Å². The molecule has 0 spiro atoms. The highest BCUT2D eigenvalue weighted by Crippen LogP contribution is 2.28. The molecule has 0 unspecified atom stereocenters. The average molecular weight is 250 g/mol. The van der Waals surface area contributed by atoms with E-state index in [9.17, 15) is 4.79 Å². The van der Waals surface area contributed by atoms with Crippen molar-refractivity contribution >= 4 is 12.0 Å². The Morgan fingerprint density at radius 1 is 1.28 bits per heavy atom. The van der Waals surface area contributed by atoms with Crippen molar-refractivity contribution in [2.45, 2.75) is 13.8 Å². The molecule has 1 rings (SSSR count). The molecule has 0 heterocycles. The molecule has 0 N–H and O–H groups in total. The lowest BCUT2D eigenvalue weighted by atomic mass is 10.2. The number of ether oxygens (including phenoxy) is 3. The van der Waals surface area contributed by atoms with Crippen LogP contribution in [0.2, 0.25) is 0 Å². The largest absolute Gasteiger partial charge is 0.493 e. The molecule has 0 fully saturated rings. The van der Waals surface area contributed by atoms with Gasteiger partial charge in [-0.3, -0.25) is 4.79 Å². The van der Waals surface area contributed by atoms with Crippen molar-refractivity contribution in [1.29, 1.82) is 0 Å². The summed E-state index contributed by atoms with van der Waals surface area (Å²) in [6.45, 7) is 3.86. The van der Waals surface area contributed by atoms with Crippen molar-refractivity contribution in [3.05, 3.63) is 29.8 Å². The third-order valence-corrected chi connectivity index (χ3v) is 2.19. The summed E-state index contributed by atoms with van der Waals surface area (Å²) in [5, 5.41) is 0. The molecule has 98 valence electrons. The van der Waals surface area contributed by atoms with E-state index in [4.69, 9.17) is 14.2 Å². The maximum Gasteiger partial charge on any atom is 0.302 e. The Kier molecular flexibility index (Phi) is 5.77. The average Bonchev–Trinajstić information content (AvgIpc) is 2.35. The summed E-state index contributed by atoms with van der Waals surface area (Å²) in [5.41, 5.74) is 1.04. The Morgan fingerprint density at radius 3 is 2.67 bits per heavy atom. The molecule has 0 aliphatic rings. The molecular formula is C14H18O4. The molecule has 0 saturated carbocycles. The SMILES string of the molecule is C/C=C/c1ccc(OCCOC(C)=O)c(OC)c1. The number of rotatable bonds is 6. The lowest BCUT2D eigenvalue weighted by Gasteiger charge is -2.11. The molecule has 0 radical (unpaired) electrons. The lowest BCUT2D eigenvalue weighted by Crippen LogP contribution is -2.10. The highest BCUT2D eigenvalue weighted by molar-refractivity contribution is 5.65. The molecule has 0 saturated heterocycles.